The van der Waals surface area contributed by atoms with Gasteiger partial charge in [0.15, 0.2) is 0 Å². The fraction of sp³-hybridized carbons (Fsp3) is 0.667. The topological polar surface area (TPSA) is 38.5 Å². The lowest BCUT2D eigenvalue weighted by Gasteiger charge is -2.37. The van der Waals surface area contributed by atoms with E-state index in [1.807, 2.05) is 12.1 Å². The predicted molar refractivity (Wildman–Crippen MR) is 88.6 cm³/mol. The SMILES string of the molecule is COc1ccc(C(CN)N(CC(C)C)C2CCCC2)cc1. The maximum absolute atomic E-state index is 6.15. The summed E-state index contributed by atoms with van der Waals surface area (Å²) in [5, 5.41) is 0. The van der Waals surface area contributed by atoms with E-state index in [0.717, 1.165) is 12.3 Å². The largest absolute Gasteiger partial charge is 0.497 e. The fourth-order valence-electron chi connectivity index (χ4n) is 3.48. The monoisotopic (exact) mass is 290 g/mol. The number of nitrogens with two attached hydrogens (primary N) is 1. The summed E-state index contributed by atoms with van der Waals surface area (Å²) in [6.45, 7) is 6.39. The minimum absolute atomic E-state index is 0.321. The Morgan fingerprint density at radius 3 is 2.29 bits per heavy atom. The number of hydrogen-bond donors (Lipinski definition) is 1. The van der Waals surface area contributed by atoms with Crippen molar-refractivity contribution >= 4 is 0 Å². The Kier molecular flexibility index (Phi) is 6.07. The Bertz CT molecular complexity index is 410. The van der Waals surface area contributed by atoms with E-state index in [2.05, 4.69) is 30.9 Å². The summed E-state index contributed by atoms with van der Waals surface area (Å²) in [5.74, 6) is 1.57. The number of methoxy groups -OCH3 is 1. The van der Waals surface area contributed by atoms with Crippen molar-refractivity contribution in [1.29, 1.82) is 0 Å². The Hall–Kier alpha value is -1.06. The summed E-state index contributed by atoms with van der Waals surface area (Å²) in [5.41, 5.74) is 7.46. The van der Waals surface area contributed by atoms with Crippen LogP contribution < -0.4 is 10.5 Å². The van der Waals surface area contributed by atoms with E-state index in [9.17, 15) is 0 Å². The smallest absolute Gasteiger partial charge is 0.118 e. The van der Waals surface area contributed by atoms with Gasteiger partial charge in [0.25, 0.3) is 0 Å². The second-order valence-electron chi connectivity index (χ2n) is 6.55. The number of ether oxygens (including phenoxy) is 1. The minimum atomic E-state index is 0.321. The Morgan fingerprint density at radius 1 is 1.19 bits per heavy atom. The first-order chi connectivity index (χ1) is 10.2. The maximum Gasteiger partial charge on any atom is 0.118 e. The van der Waals surface area contributed by atoms with Crippen molar-refractivity contribution in [3.05, 3.63) is 29.8 Å². The average molecular weight is 290 g/mol. The molecule has 3 nitrogen and oxygen atoms in total. The number of benzene rings is 1. The first-order valence-electron chi connectivity index (χ1n) is 8.25. The van der Waals surface area contributed by atoms with Gasteiger partial charge in [0.05, 0.1) is 7.11 Å². The van der Waals surface area contributed by atoms with Crippen molar-refractivity contribution < 1.29 is 4.74 Å². The summed E-state index contributed by atoms with van der Waals surface area (Å²) in [7, 11) is 1.71. The average Bonchev–Trinajstić information content (AvgIpc) is 3.01. The summed E-state index contributed by atoms with van der Waals surface area (Å²) >= 11 is 0. The van der Waals surface area contributed by atoms with Gasteiger partial charge < -0.3 is 10.5 Å². The van der Waals surface area contributed by atoms with Gasteiger partial charge in [-0.3, -0.25) is 4.90 Å². The molecule has 0 radical (unpaired) electrons. The van der Waals surface area contributed by atoms with Gasteiger partial charge in [0, 0.05) is 25.2 Å². The molecule has 1 aromatic rings. The van der Waals surface area contributed by atoms with Crippen LogP contribution in [0.25, 0.3) is 0 Å². The van der Waals surface area contributed by atoms with Crippen LogP contribution in [-0.4, -0.2) is 31.1 Å². The highest BCUT2D eigenvalue weighted by Crippen LogP contribution is 2.32. The van der Waals surface area contributed by atoms with Crippen molar-refractivity contribution in [2.24, 2.45) is 11.7 Å². The second-order valence-corrected chi connectivity index (χ2v) is 6.55. The number of rotatable bonds is 7. The number of nitrogens with zero attached hydrogens (tertiary/aromatic N) is 1. The molecule has 0 spiro atoms. The first kappa shape index (κ1) is 16.3. The lowest BCUT2D eigenvalue weighted by atomic mass is 10.0. The van der Waals surface area contributed by atoms with Crippen molar-refractivity contribution in [2.75, 3.05) is 20.2 Å². The van der Waals surface area contributed by atoms with Crippen LogP contribution in [-0.2, 0) is 0 Å². The highest BCUT2D eigenvalue weighted by Gasteiger charge is 2.29. The maximum atomic E-state index is 6.15. The summed E-state index contributed by atoms with van der Waals surface area (Å²) in [6.07, 6.45) is 5.36. The molecule has 118 valence electrons. The fourth-order valence-corrected chi connectivity index (χ4v) is 3.48. The van der Waals surface area contributed by atoms with E-state index in [1.165, 1.54) is 31.2 Å². The van der Waals surface area contributed by atoms with Crippen molar-refractivity contribution in [3.8, 4) is 5.75 Å². The Balaban J connectivity index is 2.20. The van der Waals surface area contributed by atoms with Crippen molar-refractivity contribution in [1.82, 2.24) is 4.90 Å². The number of hydrogen-bond acceptors (Lipinski definition) is 3. The van der Waals surface area contributed by atoms with Crippen LogP contribution in [0, 0.1) is 5.92 Å². The molecule has 21 heavy (non-hydrogen) atoms. The first-order valence-corrected chi connectivity index (χ1v) is 8.25. The molecule has 1 aliphatic rings. The Morgan fingerprint density at radius 2 is 1.81 bits per heavy atom. The normalized spacial score (nSPS) is 17.6. The highest BCUT2D eigenvalue weighted by molar-refractivity contribution is 5.29. The molecule has 0 bridgehead atoms. The van der Waals surface area contributed by atoms with Gasteiger partial charge in [0.2, 0.25) is 0 Å². The third-order valence-corrected chi connectivity index (χ3v) is 4.49. The molecule has 0 aliphatic heterocycles. The van der Waals surface area contributed by atoms with Gasteiger partial charge in [0.1, 0.15) is 5.75 Å². The molecule has 1 fully saturated rings. The van der Waals surface area contributed by atoms with Crippen molar-refractivity contribution in [2.45, 2.75) is 51.6 Å². The van der Waals surface area contributed by atoms with Gasteiger partial charge in [-0.15, -0.1) is 0 Å². The highest BCUT2D eigenvalue weighted by atomic mass is 16.5. The van der Waals surface area contributed by atoms with Crippen LogP contribution in [0.15, 0.2) is 24.3 Å². The molecule has 0 heterocycles. The van der Waals surface area contributed by atoms with E-state index in [4.69, 9.17) is 10.5 Å². The molecular formula is C18H30N2O. The van der Waals surface area contributed by atoms with E-state index in [0.29, 0.717) is 24.5 Å². The van der Waals surface area contributed by atoms with Crippen LogP contribution in [0.4, 0.5) is 0 Å². The molecule has 2 rings (SSSR count). The molecule has 0 amide bonds. The Labute approximate surface area is 129 Å². The van der Waals surface area contributed by atoms with Gasteiger partial charge in [-0.25, -0.2) is 0 Å². The minimum Gasteiger partial charge on any atom is -0.497 e. The molecule has 3 heteroatoms. The van der Waals surface area contributed by atoms with E-state index < -0.39 is 0 Å². The lowest BCUT2D eigenvalue weighted by Crippen LogP contribution is -2.42. The van der Waals surface area contributed by atoms with Crippen LogP contribution >= 0.6 is 0 Å². The van der Waals surface area contributed by atoms with Crippen LogP contribution in [0.5, 0.6) is 5.75 Å². The lowest BCUT2D eigenvalue weighted by molar-refractivity contribution is 0.121. The zero-order valence-electron chi connectivity index (χ0n) is 13.7. The van der Waals surface area contributed by atoms with E-state index >= 15 is 0 Å². The standard InChI is InChI=1S/C18H30N2O/c1-14(2)13-20(16-6-4-5-7-16)18(12-19)15-8-10-17(21-3)11-9-15/h8-11,14,16,18H,4-7,12-13,19H2,1-3H3. The molecule has 0 aromatic heterocycles. The molecule has 1 aromatic carbocycles. The third kappa shape index (κ3) is 4.21. The third-order valence-electron chi connectivity index (χ3n) is 4.49. The summed E-state index contributed by atoms with van der Waals surface area (Å²) in [4.78, 5) is 2.65. The zero-order valence-corrected chi connectivity index (χ0v) is 13.7. The molecule has 1 atom stereocenters. The molecule has 1 aliphatic carbocycles. The van der Waals surface area contributed by atoms with E-state index in [-0.39, 0.29) is 0 Å². The van der Waals surface area contributed by atoms with Gasteiger partial charge in [-0.05, 0) is 36.5 Å². The quantitative estimate of drug-likeness (QED) is 0.834. The van der Waals surface area contributed by atoms with Crippen LogP contribution in [0.2, 0.25) is 0 Å². The van der Waals surface area contributed by atoms with Gasteiger partial charge >= 0.3 is 0 Å². The molecule has 0 saturated heterocycles. The van der Waals surface area contributed by atoms with Crippen LogP contribution in [0.3, 0.4) is 0 Å². The summed E-state index contributed by atoms with van der Waals surface area (Å²) < 4.78 is 5.26. The van der Waals surface area contributed by atoms with Crippen LogP contribution in [0.1, 0.15) is 51.1 Å². The van der Waals surface area contributed by atoms with Crippen molar-refractivity contribution in [3.63, 3.8) is 0 Å². The molecule has 2 N–H and O–H groups in total. The van der Waals surface area contributed by atoms with Gasteiger partial charge in [-0.1, -0.05) is 38.8 Å². The molecular weight excluding hydrogens is 260 g/mol. The zero-order chi connectivity index (χ0) is 15.2. The summed E-state index contributed by atoms with van der Waals surface area (Å²) in [6, 6.07) is 9.43. The van der Waals surface area contributed by atoms with E-state index in [1.54, 1.807) is 7.11 Å². The van der Waals surface area contributed by atoms with Gasteiger partial charge in [-0.2, -0.15) is 0 Å². The predicted octanol–water partition coefficient (Wildman–Crippen LogP) is 3.60. The second kappa shape index (κ2) is 7.81. The molecule has 1 unspecified atom stereocenters. The molecule has 1 saturated carbocycles.